The zero-order valence-electron chi connectivity index (χ0n) is 16.1. The van der Waals surface area contributed by atoms with Crippen molar-refractivity contribution in [3.63, 3.8) is 0 Å². The fourth-order valence-corrected chi connectivity index (χ4v) is 7.92. The van der Waals surface area contributed by atoms with Crippen LogP contribution in [0, 0.1) is 5.41 Å². The minimum atomic E-state index is -0.925. The van der Waals surface area contributed by atoms with Crippen LogP contribution in [0.2, 0.25) is 13.3 Å². The van der Waals surface area contributed by atoms with E-state index in [1.54, 1.807) is 13.3 Å². The van der Waals surface area contributed by atoms with E-state index in [4.69, 9.17) is 0 Å². The summed E-state index contributed by atoms with van der Waals surface area (Å²) in [6, 6.07) is 0. The molecule has 0 N–H and O–H groups in total. The molecule has 0 rings (SSSR count). The van der Waals surface area contributed by atoms with Crippen molar-refractivity contribution in [3.8, 4) is 0 Å². The summed E-state index contributed by atoms with van der Waals surface area (Å²) in [5.41, 5.74) is 0.376. The van der Waals surface area contributed by atoms with E-state index >= 15 is 0 Å². The molecule has 0 fully saturated rings. The van der Waals surface area contributed by atoms with E-state index in [0.717, 1.165) is 19.3 Å². The molecule has 0 heterocycles. The summed E-state index contributed by atoms with van der Waals surface area (Å²) >= 11 is -0.735. The van der Waals surface area contributed by atoms with Crippen molar-refractivity contribution in [2.24, 2.45) is 5.41 Å². The number of carbonyl (C=O) groups excluding carboxylic acids is 1. The Morgan fingerprint density at radius 3 is 1.91 bits per heavy atom. The van der Waals surface area contributed by atoms with Gasteiger partial charge >= 0.3 is 73.1 Å². The molecule has 0 unspecified atom stereocenters. The Bertz CT molecular complexity index is 242. The molecular formula is C19H40O2Sn. The van der Waals surface area contributed by atoms with Gasteiger partial charge in [0.05, 0.1) is 0 Å². The first kappa shape index (κ1) is 24.5. The van der Waals surface area contributed by atoms with Gasteiger partial charge in [0.25, 0.3) is 0 Å². The Labute approximate surface area is 147 Å². The van der Waals surface area contributed by atoms with E-state index in [0.29, 0.717) is 5.41 Å². The third-order valence-electron chi connectivity index (χ3n) is 3.94. The van der Waals surface area contributed by atoms with Crippen molar-refractivity contribution in [1.82, 2.24) is 0 Å². The van der Waals surface area contributed by atoms with Crippen LogP contribution in [0.15, 0.2) is 0 Å². The van der Waals surface area contributed by atoms with Crippen LogP contribution in [0.1, 0.15) is 92.9 Å². The second kappa shape index (κ2) is 16.1. The summed E-state index contributed by atoms with van der Waals surface area (Å²) in [6.45, 7) is 13.7. The van der Waals surface area contributed by atoms with E-state index in [1.165, 1.54) is 25.7 Å². The standard InChI is InChI=1S/C10H20O2.C5H11.2C2H5.Sn/c1-10(2,3)8-6-4-5-7-9(11)12;1-3-5-4-2;2*1-2;/h4-8H2,1-3H3,(H,11,12);1,3-5H2,2H3;2*1H2,2H3;/q;;;;+1/p-1. The molecule has 0 atom stereocenters. The average Bonchev–Trinajstić information content (AvgIpc) is 2.42. The van der Waals surface area contributed by atoms with E-state index < -0.39 is 25.7 Å². The summed E-state index contributed by atoms with van der Waals surface area (Å²) in [5.74, 6) is -0.925. The van der Waals surface area contributed by atoms with Gasteiger partial charge in [-0.1, -0.05) is 33.6 Å². The number of carbonyl (C=O) groups is 1. The SMILES string of the molecule is CC(C)(C)CCCCCC(=O)[O-].CCCC[CH2][Sn+]([CH2]C)[CH2]C. The molecule has 0 saturated heterocycles. The number of unbranched alkanes of at least 4 members (excludes halogenated alkanes) is 4. The zero-order valence-corrected chi connectivity index (χ0v) is 18.9. The molecule has 132 valence electrons. The summed E-state index contributed by atoms with van der Waals surface area (Å²) < 4.78 is 4.80. The Morgan fingerprint density at radius 2 is 1.50 bits per heavy atom. The minimum absolute atomic E-state index is 0.212. The topological polar surface area (TPSA) is 40.1 Å². The molecule has 0 aliphatic carbocycles. The number of aliphatic carboxylic acids is 1. The van der Waals surface area contributed by atoms with Crippen LogP contribution in [0.4, 0.5) is 0 Å². The molecular weight excluding hydrogens is 379 g/mol. The molecule has 0 amide bonds. The maximum atomic E-state index is 10.0. The van der Waals surface area contributed by atoms with Crippen LogP contribution >= 0.6 is 0 Å². The molecule has 0 aromatic heterocycles. The third kappa shape index (κ3) is 22.5. The number of rotatable bonds is 11. The van der Waals surface area contributed by atoms with Crippen molar-refractivity contribution in [1.29, 1.82) is 0 Å². The molecule has 0 aliphatic rings. The monoisotopic (exact) mass is 420 g/mol. The fraction of sp³-hybridized carbons (Fsp3) is 0.947. The Balaban J connectivity index is 0. The maximum absolute atomic E-state index is 10.0. The predicted molar refractivity (Wildman–Crippen MR) is 98.6 cm³/mol. The first-order valence-electron chi connectivity index (χ1n) is 9.30. The summed E-state index contributed by atoms with van der Waals surface area (Å²) in [5, 5.41) is 10.0. The van der Waals surface area contributed by atoms with Gasteiger partial charge in [0.15, 0.2) is 0 Å². The average molecular weight is 419 g/mol. The van der Waals surface area contributed by atoms with E-state index in [9.17, 15) is 9.90 Å². The van der Waals surface area contributed by atoms with Crippen LogP contribution in [-0.2, 0) is 4.79 Å². The molecule has 0 spiro atoms. The van der Waals surface area contributed by atoms with E-state index in [-0.39, 0.29) is 6.42 Å². The first-order valence-corrected chi connectivity index (χ1v) is 15.4. The molecule has 2 nitrogen and oxygen atoms in total. The second-order valence-electron chi connectivity index (χ2n) is 7.41. The van der Waals surface area contributed by atoms with Crippen molar-refractivity contribution in [2.45, 2.75) is 106 Å². The van der Waals surface area contributed by atoms with Crippen LogP contribution in [0.5, 0.6) is 0 Å². The third-order valence-corrected chi connectivity index (χ3v) is 12.7. The second-order valence-corrected chi connectivity index (χ2v) is 17.2. The molecule has 22 heavy (non-hydrogen) atoms. The Kier molecular flexibility index (Phi) is 18.0. The molecule has 3 heteroatoms. The van der Waals surface area contributed by atoms with Gasteiger partial charge in [-0.15, -0.1) is 0 Å². The number of carboxylic acid groups (broad SMARTS) is 1. The number of hydrogen-bond acceptors (Lipinski definition) is 2. The van der Waals surface area contributed by atoms with Crippen LogP contribution < -0.4 is 5.11 Å². The van der Waals surface area contributed by atoms with Crippen LogP contribution in [0.25, 0.3) is 0 Å². The van der Waals surface area contributed by atoms with Crippen molar-refractivity contribution in [2.75, 3.05) is 0 Å². The summed E-state index contributed by atoms with van der Waals surface area (Å²) in [7, 11) is 0. The van der Waals surface area contributed by atoms with Crippen molar-refractivity contribution >= 4 is 25.7 Å². The quantitative estimate of drug-likeness (QED) is 0.330. The van der Waals surface area contributed by atoms with Gasteiger partial charge in [-0.25, -0.2) is 0 Å². The molecule has 0 saturated carbocycles. The van der Waals surface area contributed by atoms with Crippen LogP contribution in [0.3, 0.4) is 0 Å². The van der Waals surface area contributed by atoms with E-state index in [2.05, 4.69) is 41.5 Å². The van der Waals surface area contributed by atoms with E-state index in [1.807, 2.05) is 0 Å². The molecule has 0 bridgehead atoms. The molecule has 0 aromatic rings. The fourth-order valence-electron chi connectivity index (χ4n) is 2.33. The summed E-state index contributed by atoms with van der Waals surface area (Å²) in [4.78, 5) is 10.0. The predicted octanol–water partition coefficient (Wildman–Crippen LogP) is 5.44. The van der Waals surface area contributed by atoms with Gasteiger partial charge in [0, 0.05) is 5.97 Å². The Hall–Kier alpha value is 0.269. The van der Waals surface area contributed by atoms with Crippen LogP contribution in [-0.4, -0.2) is 25.7 Å². The van der Waals surface area contributed by atoms with Gasteiger partial charge in [0.1, 0.15) is 0 Å². The summed E-state index contributed by atoms with van der Waals surface area (Å²) in [6.07, 6.45) is 8.67. The number of carboxylic acids is 1. The van der Waals surface area contributed by atoms with Gasteiger partial charge in [-0.05, 0) is 24.7 Å². The van der Waals surface area contributed by atoms with Gasteiger partial charge in [-0.3, -0.25) is 0 Å². The molecule has 0 radical (unpaired) electrons. The molecule has 0 aliphatic heterocycles. The van der Waals surface area contributed by atoms with Gasteiger partial charge < -0.3 is 9.90 Å². The molecule has 0 aromatic carbocycles. The Morgan fingerprint density at radius 1 is 0.909 bits per heavy atom. The van der Waals surface area contributed by atoms with Crippen molar-refractivity contribution < 1.29 is 9.90 Å². The normalized spacial score (nSPS) is 10.8. The zero-order chi connectivity index (χ0) is 17.4. The number of hydrogen-bond donors (Lipinski definition) is 0. The van der Waals surface area contributed by atoms with Gasteiger partial charge in [0.2, 0.25) is 0 Å². The first-order chi connectivity index (χ1) is 10.3. The van der Waals surface area contributed by atoms with Crippen molar-refractivity contribution in [3.05, 3.63) is 0 Å². The van der Waals surface area contributed by atoms with Gasteiger partial charge in [-0.2, -0.15) is 0 Å².